The summed E-state index contributed by atoms with van der Waals surface area (Å²) in [6.07, 6.45) is 1.25. The summed E-state index contributed by atoms with van der Waals surface area (Å²) in [6.45, 7) is 7.57. The molecule has 0 saturated carbocycles. The van der Waals surface area contributed by atoms with Gasteiger partial charge in [0.25, 0.3) is 5.56 Å². The Morgan fingerprint density at radius 2 is 1.85 bits per heavy atom. The Bertz CT molecular complexity index is 1270. The number of carbonyl (C=O) groups is 1. The monoisotopic (exact) mass is 351 g/mol. The van der Waals surface area contributed by atoms with E-state index in [0.717, 1.165) is 22.2 Å². The molecular weight excluding hydrogens is 334 g/mol. The Morgan fingerprint density at radius 1 is 1.12 bits per heavy atom. The topological polar surface area (TPSA) is 90.9 Å². The molecule has 0 bridgehead atoms. The van der Waals surface area contributed by atoms with Gasteiger partial charge >= 0.3 is 5.97 Å². The number of benzene rings is 1. The van der Waals surface area contributed by atoms with Gasteiger partial charge < -0.3 is 4.74 Å². The Hall–Kier alpha value is -3.29. The highest BCUT2D eigenvalue weighted by molar-refractivity contribution is 5.89. The summed E-state index contributed by atoms with van der Waals surface area (Å²) in [7, 11) is 0. The molecule has 0 N–H and O–H groups in total. The number of nitrogens with zero attached hydrogens (tertiary/aromatic N) is 5. The first-order valence-electron chi connectivity index (χ1n) is 8.27. The number of hydrogen-bond donors (Lipinski definition) is 0. The van der Waals surface area contributed by atoms with E-state index in [0.29, 0.717) is 17.4 Å². The third-order valence-corrected chi connectivity index (χ3v) is 4.48. The number of rotatable bonds is 2. The van der Waals surface area contributed by atoms with Gasteiger partial charge in [0.15, 0.2) is 0 Å². The maximum Gasteiger partial charge on any atom is 0.345 e. The van der Waals surface area contributed by atoms with Gasteiger partial charge in [-0.3, -0.25) is 4.79 Å². The van der Waals surface area contributed by atoms with E-state index in [1.807, 2.05) is 26.0 Å². The van der Waals surface area contributed by atoms with Crippen LogP contribution < -0.4 is 5.56 Å². The van der Waals surface area contributed by atoms with Crippen molar-refractivity contribution < 1.29 is 9.53 Å². The molecule has 0 aliphatic carbocycles. The molecule has 0 aliphatic heterocycles. The van der Waals surface area contributed by atoms with Crippen LogP contribution in [-0.4, -0.2) is 36.3 Å². The van der Waals surface area contributed by atoms with Crippen molar-refractivity contribution in [3.8, 4) is 0 Å². The number of imidazole rings is 1. The molecule has 132 valence electrons. The van der Waals surface area contributed by atoms with E-state index in [4.69, 9.17) is 4.74 Å². The Morgan fingerprint density at radius 3 is 2.58 bits per heavy atom. The Labute approximate surface area is 148 Å². The van der Waals surface area contributed by atoms with Gasteiger partial charge in [-0.2, -0.15) is 4.98 Å². The lowest BCUT2D eigenvalue weighted by Gasteiger charge is -2.08. The summed E-state index contributed by atoms with van der Waals surface area (Å²) in [4.78, 5) is 38.2. The van der Waals surface area contributed by atoms with Gasteiger partial charge in [-0.1, -0.05) is 0 Å². The van der Waals surface area contributed by atoms with Crippen molar-refractivity contribution in [1.29, 1.82) is 0 Å². The first-order chi connectivity index (χ1) is 12.4. The van der Waals surface area contributed by atoms with Gasteiger partial charge in [0.05, 0.1) is 23.8 Å². The third kappa shape index (κ3) is 2.18. The minimum absolute atomic E-state index is 0.120. The van der Waals surface area contributed by atoms with E-state index < -0.39 is 11.5 Å². The fourth-order valence-corrected chi connectivity index (χ4v) is 3.03. The molecule has 1 aromatic carbocycles. The summed E-state index contributed by atoms with van der Waals surface area (Å²) >= 11 is 0. The highest BCUT2D eigenvalue weighted by Gasteiger charge is 2.19. The van der Waals surface area contributed by atoms with Crippen LogP contribution in [-0.2, 0) is 4.74 Å². The normalized spacial score (nSPS) is 11.5. The first-order valence-corrected chi connectivity index (χ1v) is 8.27. The zero-order valence-corrected chi connectivity index (χ0v) is 14.9. The van der Waals surface area contributed by atoms with Crippen LogP contribution in [0.15, 0.2) is 23.1 Å². The molecule has 8 heteroatoms. The van der Waals surface area contributed by atoms with Gasteiger partial charge in [-0.15, -0.1) is 0 Å². The van der Waals surface area contributed by atoms with Crippen molar-refractivity contribution in [2.45, 2.75) is 27.7 Å². The van der Waals surface area contributed by atoms with Gasteiger partial charge in [0.2, 0.25) is 11.6 Å². The maximum absolute atomic E-state index is 12.8. The standard InChI is InChI=1S/C18H17N5O3/c1-5-26-16(25)12-8-19-18-22(15(12)24)11(4)20-17-21-13-6-9(2)10(3)7-14(13)23(17)18/h6-8H,5H2,1-4H3. The van der Waals surface area contributed by atoms with Crippen LogP contribution in [0.1, 0.15) is 34.2 Å². The molecular formula is C18H17N5O3. The second kappa shape index (κ2) is 5.62. The van der Waals surface area contributed by atoms with Crippen molar-refractivity contribution in [2.75, 3.05) is 6.61 Å². The zero-order valence-electron chi connectivity index (χ0n) is 14.9. The lowest BCUT2D eigenvalue weighted by atomic mass is 10.1. The second-order valence-electron chi connectivity index (χ2n) is 6.16. The average molecular weight is 351 g/mol. The zero-order chi connectivity index (χ0) is 18.6. The van der Waals surface area contributed by atoms with Gasteiger partial charge in [-0.05, 0) is 51.0 Å². The number of aromatic nitrogens is 5. The summed E-state index contributed by atoms with van der Waals surface area (Å²) in [6, 6.07) is 3.98. The molecule has 4 rings (SSSR count). The number of aryl methyl sites for hydroxylation is 3. The Balaban J connectivity index is 2.15. The quantitative estimate of drug-likeness (QED) is 0.513. The van der Waals surface area contributed by atoms with E-state index in [-0.39, 0.29) is 12.2 Å². The highest BCUT2D eigenvalue weighted by Crippen LogP contribution is 2.21. The smallest absolute Gasteiger partial charge is 0.345 e. The van der Waals surface area contributed by atoms with E-state index in [1.54, 1.807) is 18.2 Å². The lowest BCUT2D eigenvalue weighted by Crippen LogP contribution is -2.27. The van der Waals surface area contributed by atoms with Crippen molar-refractivity contribution in [3.63, 3.8) is 0 Å². The van der Waals surface area contributed by atoms with Crippen LogP contribution in [0.5, 0.6) is 0 Å². The largest absolute Gasteiger partial charge is 0.462 e. The number of carbonyl (C=O) groups excluding carboxylic acids is 1. The molecule has 0 saturated heterocycles. The van der Waals surface area contributed by atoms with E-state index in [1.165, 1.54) is 10.6 Å². The summed E-state index contributed by atoms with van der Waals surface area (Å²) in [5, 5.41) is 0. The molecule has 4 aromatic rings. The SMILES string of the molecule is CCOC(=O)c1cnc2n(c(C)nc3nc4cc(C)c(C)cc4n32)c1=O. The van der Waals surface area contributed by atoms with Crippen molar-refractivity contribution in [1.82, 2.24) is 23.8 Å². The van der Waals surface area contributed by atoms with Crippen LogP contribution in [0.2, 0.25) is 0 Å². The average Bonchev–Trinajstić information content (AvgIpc) is 2.92. The van der Waals surface area contributed by atoms with Gasteiger partial charge in [0.1, 0.15) is 11.4 Å². The molecule has 0 fully saturated rings. The Kier molecular flexibility index (Phi) is 3.50. The molecule has 0 spiro atoms. The summed E-state index contributed by atoms with van der Waals surface area (Å²) in [5.41, 5.74) is 3.18. The number of fused-ring (bicyclic) bond motifs is 5. The van der Waals surface area contributed by atoms with Crippen molar-refractivity contribution in [2.24, 2.45) is 0 Å². The minimum Gasteiger partial charge on any atom is -0.462 e. The molecule has 0 amide bonds. The summed E-state index contributed by atoms with van der Waals surface area (Å²) < 4.78 is 7.98. The third-order valence-electron chi connectivity index (χ3n) is 4.48. The van der Waals surface area contributed by atoms with Crippen LogP contribution in [0.4, 0.5) is 0 Å². The lowest BCUT2D eigenvalue weighted by molar-refractivity contribution is 0.0523. The van der Waals surface area contributed by atoms with Crippen molar-refractivity contribution >= 4 is 28.6 Å². The van der Waals surface area contributed by atoms with E-state index in [2.05, 4.69) is 15.0 Å². The molecule has 0 radical (unpaired) electrons. The van der Waals surface area contributed by atoms with Crippen molar-refractivity contribution in [3.05, 3.63) is 51.2 Å². The minimum atomic E-state index is -0.694. The van der Waals surface area contributed by atoms with E-state index >= 15 is 0 Å². The van der Waals surface area contributed by atoms with Crippen LogP contribution >= 0.6 is 0 Å². The van der Waals surface area contributed by atoms with Gasteiger partial charge in [0, 0.05) is 0 Å². The van der Waals surface area contributed by atoms with Crippen LogP contribution in [0.25, 0.3) is 22.6 Å². The number of hydrogen-bond acceptors (Lipinski definition) is 6. The molecule has 0 unspecified atom stereocenters. The molecule has 3 aromatic heterocycles. The molecule has 8 nitrogen and oxygen atoms in total. The summed E-state index contributed by atoms with van der Waals surface area (Å²) in [5.74, 6) is 0.523. The molecule has 26 heavy (non-hydrogen) atoms. The van der Waals surface area contributed by atoms with Crippen LogP contribution in [0, 0.1) is 20.8 Å². The first kappa shape index (κ1) is 16.2. The number of esters is 1. The van der Waals surface area contributed by atoms with E-state index in [9.17, 15) is 9.59 Å². The molecule has 0 atom stereocenters. The molecule has 3 heterocycles. The fraction of sp³-hybridized carbons (Fsp3) is 0.278. The predicted molar refractivity (Wildman–Crippen MR) is 95.7 cm³/mol. The highest BCUT2D eigenvalue weighted by atomic mass is 16.5. The van der Waals surface area contributed by atoms with Crippen LogP contribution in [0.3, 0.4) is 0 Å². The molecule has 0 aliphatic rings. The predicted octanol–water partition coefficient (Wildman–Crippen LogP) is 1.99. The maximum atomic E-state index is 12.8. The number of ether oxygens (including phenoxy) is 1. The fourth-order valence-electron chi connectivity index (χ4n) is 3.03. The van der Waals surface area contributed by atoms with Gasteiger partial charge in [-0.25, -0.2) is 23.6 Å². The second-order valence-corrected chi connectivity index (χ2v) is 6.16.